The van der Waals surface area contributed by atoms with E-state index in [2.05, 4.69) is 63.6 Å². The van der Waals surface area contributed by atoms with Gasteiger partial charge in [0.2, 0.25) is 0 Å². The summed E-state index contributed by atoms with van der Waals surface area (Å²) in [6, 6.07) is 12.6. The number of fused-ring (bicyclic) bond motifs is 1. The van der Waals surface area contributed by atoms with Crippen LogP contribution < -0.4 is 20.3 Å². The highest BCUT2D eigenvalue weighted by Crippen LogP contribution is 2.39. The summed E-state index contributed by atoms with van der Waals surface area (Å²) in [6.07, 6.45) is 5.36. The van der Waals surface area contributed by atoms with E-state index >= 15 is 0 Å². The molecule has 0 bridgehead atoms. The number of guanidine groups is 1. The number of hydrogen-bond acceptors (Lipinski definition) is 4. The third-order valence-corrected chi connectivity index (χ3v) is 5.61. The van der Waals surface area contributed by atoms with Crippen LogP contribution in [0.2, 0.25) is 0 Å². The smallest absolute Gasteiger partial charge is 0.191 e. The zero-order chi connectivity index (χ0) is 20.3. The van der Waals surface area contributed by atoms with Crippen molar-refractivity contribution in [3.8, 4) is 5.75 Å². The van der Waals surface area contributed by atoms with Crippen molar-refractivity contribution in [2.24, 2.45) is 4.99 Å². The molecule has 2 aliphatic heterocycles. The Hall–Kier alpha value is -2.03. The Morgan fingerprint density at radius 1 is 1.20 bits per heavy atom. The van der Waals surface area contributed by atoms with Gasteiger partial charge in [-0.05, 0) is 44.4 Å². The lowest BCUT2D eigenvalue weighted by Crippen LogP contribution is -2.45. The molecule has 2 aliphatic rings. The summed E-state index contributed by atoms with van der Waals surface area (Å²) in [4.78, 5) is 11.4. The standard InChI is InChI=1S/C23H31N5O.HI/c1-23(2)14-19(18-8-4-5-9-20(18)29-23)27-22(24-3)26-16-17-10-11-21(25-15-17)28-12-6-7-13-28;/h4-5,8-11,15,19H,6-7,12-14,16H2,1-3H3,(H2,24,26,27);1H. The first kappa shape index (κ1) is 22.7. The van der Waals surface area contributed by atoms with Crippen molar-refractivity contribution in [1.82, 2.24) is 15.6 Å². The van der Waals surface area contributed by atoms with Crippen LogP contribution in [-0.4, -0.2) is 36.7 Å². The second-order valence-corrected chi connectivity index (χ2v) is 8.45. The van der Waals surface area contributed by atoms with Gasteiger partial charge in [-0.3, -0.25) is 4.99 Å². The number of nitrogens with one attached hydrogen (secondary N) is 2. The third kappa shape index (κ3) is 5.36. The van der Waals surface area contributed by atoms with E-state index in [9.17, 15) is 0 Å². The Morgan fingerprint density at radius 2 is 1.97 bits per heavy atom. The molecule has 0 aliphatic carbocycles. The lowest BCUT2D eigenvalue weighted by molar-refractivity contribution is 0.0694. The molecule has 4 rings (SSSR count). The molecule has 1 saturated heterocycles. The summed E-state index contributed by atoms with van der Waals surface area (Å²) in [5, 5.41) is 7.00. The van der Waals surface area contributed by atoms with Crippen LogP contribution in [0.15, 0.2) is 47.6 Å². The molecule has 1 aromatic carbocycles. The zero-order valence-corrected chi connectivity index (χ0v) is 20.3. The summed E-state index contributed by atoms with van der Waals surface area (Å²) in [7, 11) is 1.81. The molecule has 1 unspecified atom stereocenters. The first-order valence-corrected chi connectivity index (χ1v) is 10.5. The number of halogens is 1. The van der Waals surface area contributed by atoms with Crippen molar-refractivity contribution in [3.63, 3.8) is 0 Å². The van der Waals surface area contributed by atoms with Gasteiger partial charge in [0, 0.05) is 44.9 Å². The van der Waals surface area contributed by atoms with Crippen molar-refractivity contribution in [2.45, 2.75) is 51.3 Å². The summed E-state index contributed by atoms with van der Waals surface area (Å²) < 4.78 is 6.13. The molecular formula is C23H32IN5O. The van der Waals surface area contributed by atoms with Crippen LogP contribution in [-0.2, 0) is 6.54 Å². The number of ether oxygens (including phenoxy) is 1. The highest BCUT2D eigenvalue weighted by atomic mass is 127. The van der Waals surface area contributed by atoms with Crippen molar-refractivity contribution >= 4 is 35.8 Å². The Kier molecular flexibility index (Phi) is 7.44. The Morgan fingerprint density at radius 3 is 2.67 bits per heavy atom. The molecule has 30 heavy (non-hydrogen) atoms. The van der Waals surface area contributed by atoms with Gasteiger partial charge in [-0.15, -0.1) is 24.0 Å². The van der Waals surface area contributed by atoms with Gasteiger partial charge in [0.25, 0.3) is 0 Å². The van der Waals surface area contributed by atoms with Gasteiger partial charge in [-0.2, -0.15) is 0 Å². The Labute approximate surface area is 196 Å². The maximum Gasteiger partial charge on any atom is 0.191 e. The fourth-order valence-corrected chi connectivity index (χ4v) is 4.13. The van der Waals surface area contributed by atoms with Crippen molar-refractivity contribution in [1.29, 1.82) is 0 Å². The molecule has 1 fully saturated rings. The second-order valence-electron chi connectivity index (χ2n) is 8.45. The number of anilines is 1. The molecular weight excluding hydrogens is 489 g/mol. The molecule has 2 aromatic rings. The minimum atomic E-state index is -0.222. The molecule has 7 heteroatoms. The van der Waals surface area contributed by atoms with Gasteiger partial charge in [-0.25, -0.2) is 4.98 Å². The maximum absolute atomic E-state index is 6.13. The van der Waals surface area contributed by atoms with E-state index in [1.165, 1.54) is 18.4 Å². The molecule has 1 aromatic heterocycles. The van der Waals surface area contributed by atoms with E-state index in [0.29, 0.717) is 6.54 Å². The number of para-hydroxylation sites is 1. The predicted molar refractivity (Wildman–Crippen MR) is 133 cm³/mol. The molecule has 0 radical (unpaired) electrons. The molecule has 0 saturated carbocycles. The average molecular weight is 521 g/mol. The largest absolute Gasteiger partial charge is 0.487 e. The number of rotatable bonds is 4. The topological polar surface area (TPSA) is 61.8 Å². The molecule has 162 valence electrons. The van der Waals surface area contributed by atoms with Crippen molar-refractivity contribution < 1.29 is 4.74 Å². The minimum absolute atomic E-state index is 0. The highest BCUT2D eigenvalue weighted by Gasteiger charge is 2.33. The van der Waals surface area contributed by atoms with Gasteiger partial charge >= 0.3 is 0 Å². The summed E-state index contributed by atoms with van der Waals surface area (Å²) in [5.41, 5.74) is 2.09. The summed E-state index contributed by atoms with van der Waals surface area (Å²) in [5.74, 6) is 2.80. The summed E-state index contributed by atoms with van der Waals surface area (Å²) in [6.45, 7) is 7.16. The molecule has 1 atom stereocenters. The zero-order valence-electron chi connectivity index (χ0n) is 18.0. The molecule has 3 heterocycles. The van der Waals surface area contributed by atoms with Crippen LogP contribution in [0, 0.1) is 0 Å². The van der Waals surface area contributed by atoms with E-state index in [1.807, 2.05) is 18.3 Å². The molecule has 6 nitrogen and oxygen atoms in total. The highest BCUT2D eigenvalue weighted by molar-refractivity contribution is 14.0. The van der Waals surface area contributed by atoms with Crippen molar-refractivity contribution in [3.05, 3.63) is 53.7 Å². The van der Waals surface area contributed by atoms with Gasteiger partial charge in [0.05, 0.1) is 6.04 Å². The van der Waals surface area contributed by atoms with Crippen LogP contribution in [0.25, 0.3) is 0 Å². The Balaban J connectivity index is 0.00000256. The van der Waals surface area contributed by atoms with Gasteiger partial charge < -0.3 is 20.3 Å². The maximum atomic E-state index is 6.13. The lowest BCUT2D eigenvalue weighted by atomic mass is 9.90. The Bertz CT molecular complexity index is 862. The monoisotopic (exact) mass is 521 g/mol. The first-order chi connectivity index (χ1) is 14.0. The van der Waals surface area contributed by atoms with Crippen LogP contribution >= 0.6 is 24.0 Å². The normalized spacial score (nSPS) is 20.0. The first-order valence-electron chi connectivity index (χ1n) is 10.5. The van der Waals surface area contributed by atoms with E-state index in [0.717, 1.165) is 42.6 Å². The fraction of sp³-hybridized carbons (Fsp3) is 0.478. The second kappa shape index (κ2) is 9.85. The number of aromatic nitrogens is 1. The lowest BCUT2D eigenvalue weighted by Gasteiger charge is -2.38. The fourth-order valence-electron chi connectivity index (χ4n) is 4.13. The number of benzene rings is 1. The number of pyridine rings is 1. The molecule has 0 amide bonds. The van der Waals surface area contributed by atoms with Crippen LogP contribution in [0.3, 0.4) is 0 Å². The van der Waals surface area contributed by atoms with Crippen LogP contribution in [0.4, 0.5) is 5.82 Å². The molecule has 0 spiro atoms. The number of hydrogen-bond donors (Lipinski definition) is 2. The summed E-state index contributed by atoms with van der Waals surface area (Å²) >= 11 is 0. The van der Waals surface area contributed by atoms with E-state index in [-0.39, 0.29) is 35.6 Å². The predicted octanol–water partition coefficient (Wildman–Crippen LogP) is 4.27. The van der Waals surface area contributed by atoms with Crippen LogP contribution in [0.5, 0.6) is 5.75 Å². The number of aliphatic imine (C=N–C) groups is 1. The SMILES string of the molecule is CN=C(NCc1ccc(N2CCCC2)nc1)NC1CC(C)(C)Oc2ccccc21.I. The van der Waals surface area contributed by atoms with E-state index in [4.69, 9.17) is 4.74 Å². The average Bonchev–Trinajstić information content (AvgIpc) is 3.25. The third-order valence-electron chi connectivity index (χ3n) is 5.61. The molecule has 2 N–H and O–H groups in total. The van der Waals surface area contributed by atoms with Crippen LogP contribution in [0.1, 0.15) is 50.3 Å². The van der Waals surface area contributed by atoms with E-state index < -0.39 is 0 Å². The van der Waals surface area contributed by atoms with Crippen molar-refractivity contribution in [2.75, 3.05) is 25.0 Å². The van der Waals surface area contributed by atoms with Gasteiger partial charge in [0.1, 0.15) is 17.2 Å². The number of nitrogens with zero attached hydrogens (tertiary/aromatic N) is 3. The minimum Gasteiger partial charge on any atom is -0.487 e. The van der Waals surface area contributed by atoms with Gasteiger partial charge in [-0.1, -0.05) is 24.3 Å². The van der Waals surface area contributed by atoms with Gasteiger partial charge in [0.15, 0.2) is 5.96 Å². The van der Waals surface area contributed by atoms with E-state index in [1.54, 1.807) is 7.05 Å². The quantitative estimate of drug-likeness (QED) is 0.358.